The molecule has 0 radical (unpaired) electrons. The number of rotatable bonds is 3. The molecule has 0 unspecified atom stereocenters. The summed E-state index contributed by atoms with van der Waals surface area (Å²) in [5.74, 6) is 0. The third-order valence-corrected chi connectivity index (χ3v) is 6.70. The molecule has 24 heavy (non-hydrogen) atoms. The highest BCUT2D eigenvalue weighted by molar-refractivity contribution is 7.89. The van der Waals surface area contributed by atoms with E-state index in [4.69, 9.17) is 4.74 Å². The molecule has 0 aliphatic carbocycles. The zero-order valence-corrected chi connectivity index (χ0v) is 16.7. The second-order valence-corrected chi connectivity index (χ2v) is 11.0. The molecule has 2 rings (SSSR count). The highest BCUT2D eigenvalue weighted by atomic mass is 32.2. The number of fused-ring (bicyclic) bond motifs is 1. The Morgan fingerprint density at radius 1 is 1.33 bits per heavy atom. The molecule has 136 valence electrons. The lowest BCUT2D eigenvalue weighted by Gasteiger charge is -2.34. The molecule has 0 fully saturated rings. The summed E-state index contributed by atoms with van der Waals surface area (Å²) in [5.41, 5.74) is -0.918. The van der Waals surface area contributed by atoms with Crippen molar-refractivity contribution in [3.63, 3.8) is 0 Å². The van der Waals surface area contributed by atoms with Crippen LogP contribution in [0.2, 0.25) is 0 Å². The van der Waals surface area contributed by atoms with Crippen molar-refractivity contribution in [1.29, 1.82) is 0 Å². The Morgan fingerprint density at radius 3 is 2.46 bits per heavy atom. The highest BCUT2D eigenvalue weighted by Gasteiger charge is 2.39. The zero-order chi connectivity index (χ0) is 18.3. The normalized spacial score (nSPS) is 18.9. The van der Waals surface area contributed by atoms with E-state index in [1.807, 2.05) is 20.8 Å². The minimum Gasteiger partial charge on any atom is -0.444 e. The Labute approximate surface area is 148 Å². The predicted octanol–water partition coefficient (Wildman–Crippen LogP) is 3.19. The van der Waals surface area contributed by atoms with Crippen molar-refractivity contribution in [2.75, 3.05) is 6.54 Å². The first-order chi connectivity index (χ1) is 10.8. The quantitative estimate of drug-likeness (QED) is 0.881. The van der Waals surface area contributed by atoms with E-state index in [-0.39, 0.29) is 18.0 Å². The molecule has 0 bridgehead atoms. The van der Waals surface area contributed by atoms with Gasteiger partial charge in [0.25, 0.3) is 0 Å². The fourth-order valence-corrected chi connectivity index (χ4v) is 5.34. The van der Waals surface area contributed by atoms with Crippen molar-refractivity contribution < 1.29 is 17.9 Å². The number of thiophene rings is 1. The van der Waals surface area contributed by atoms with Gasteiger partial charge in [0.1, 0.15) is 5.60 Å². The van der Waals surface area contributed by atoms with Crippen molar-refractivity contribution in [2.45, 2.75) is 64.6 Å². The molecule has 0 saturated heterocycles. The van der Waals surface area contributed by atoms with Gasteiger partial charge >= 0.3 is 6.09 Å². The monoisotopic (exact) mass is 374 g/mol. The van der Waals surface area contributed by atoms with E-state index in [2.05, 4.69) is 5.32 Å². The van der Waals surface area contributed by atoms with Gasteiger partial charge in [-0.3, -0.25) is 0 Å². The van der Waals surface area contributed by atoms with E-state index in [1.165, 1.54) is 15.6 Å². The van der Waals surface area contributed by atoms with E-state index in [0.29, 0.717) is 11.4 Å². The fourth-order valence-electron chi connectivity index (χ4n) is 2.41. The van der Waals surface area contributed by atoms with Crippen molar-refractivity contribution >= 4 is 27.5 Å². The van der Waals surface area contributed by atoms with Gasteiger partial charge in [0, 0.05) is 18.0 Å². The summed E-state index contributed by atoms with van der Waals surface area (Å²) in [6.07, 6.45) is -0.534. The number of ether oxygens (including phenoxy) is 1. The molecule has 1 aliphatic rings. The smallest absolute Gasteiger partial charge is 0.407 e. The number of nitrogens with zero attached hydrogens (tertiary/aromatic N) is 1. The van der Waals surface area contributed by atoms with Crippen molar-refractivity contribution in [2.24, 2.45) is 5.41 Å². The Balaban J connectivity index is 2.14. The third-order valence-electron chi connectivity index (χ3n) is 3.76. The first kappa shape index (κ1) is 19.2. The molecule has 2 heterocycles. The third kappa shape index (κ3) is 4.29. The summed E-state index contributed by atoms with van der Waals surface area (Å²) in [4.78, 5) is 13.4. The number of hydrogen-bond donors (Lipinski definition) is 1. The van der Waals surface area contributed by atoms with E-state index in [1.54, 1.807) is 32.2 Å². The number of sulfonamides is 1. The summed E-state index contributed by atoms with van der Waals surface area (Å²) in [7, 11) is -3.48. The topological polar surface area (TPSA) is 75.7 Å². The van der Waals surface area contributed by atoms with Crippen molar-refractivity contribution in [1.82, 2.24) is 9.62 Å². The van der Waals surface area contributed by atoms with Gasteiger partial charge in [-0.1, -0.05) is 20.8 Å². The number of carbonyl (C=O) groups is 1. The minimum absolute atomic E-state index is 0.215. The first-order valence-corrected chi connectivity index (χ1v) is 10.2. The molecular formula is C16H26N2O4S2. The summed E-state index contributed by atoms with van der Waals surface area (Å²) >= 11 is 1.44. The van der Waals surface area contributed by atoms with Crippen LogP contribution in [0.3, 0.4) is 0 Å². The Bertz CT molecular complexity index is 711. The van der Waals surface area contributed by atoms with Gasteiger partial charge in [-0.25, -0.2) is 13.2 Å². The Kier molecular flexibility index (Phi) is 5.05. The summed E-state index contributed by atoms with van der Waals surface area (Å²) < 4.78 is 32.0. The maximum atomic E-state index is 12.6. The van der Waals surface area contributed by atoms with Gasteiger partial charge in [0.15, 0.2) is 0 Å². The van der Waals surface area contributed by atoms with Crippen LogP contribution >= 0.6 is 11.3 Å². The zero-order valence-electron chi connectivity index (χ0n) is 15.0. The SMILES string of the molecule is CC(C)(C)OC(=O)N[C@H](CN1Cc2sccc2S1(=O)=O)C(C)(C)C. The second kappa shape index (κ2) is 6.31. The minimum atomic E-state index is -3.48. The highest BCUT2D eigenvalue weighted by Crippen LogP contribution is 2.35. The molecule has 1 aromatic rings. The van der Waals surface area contributed by atoms with Crippen molar-refractivity contribution in [3.05, 3.63) is 16.3 Å². The lowest BCUT2D eigenvalue weighted by molar-refractivity contribution is 0.0452. The Hall–Kier alpha value is -1.12. The molecule has 1 atom stereocenters. The summed E-state index contributed by atoms with van der Waals surface area (Å²) in [6.45, 7) is 11.9. The predicted molar refractivity (Wildman–Crippen MR) is 94.5 cm³/mol. The molecule has 0 aromatic carbocycles. The van der Waals surface area contributed by atoms with Crippen molar-refractivity contribution in [3.8, 4) is 0 Å². The van der Waals surface area contributed by atoms with Gasteiger partial charge in [0.05, 0.1) is 10.9 Å². The molecule has 1 aliphatic heterocycles. The fraction of sp³-hybridized carbons (Fsp3) is 0.688. The molecular weight excluding hydrogens is 348 g/mol. The van der Waals surface area contributed by atoms with Crippen LogP contribution in [-0.2, 0) is 21.3 Å². The average Bonchev–Trinajstić information content (AvgIpc) is 2.89. The summed E-state index contributed by atoms with van der Waals surface area (Å²) in [6, 6.07) is 1.28. The number of hydrogen-bond acceptors (Lipinski definition) is 5. The van der Waals surface area contributed by atoms with Gasteiger partial charge in [-0.15, -0.1) is 11.3 Å². The first-order valence-electron chi connectivity index (χ1n) is 7.87. The maximum Gasteiger partial charge on any atom is 0.407 e. The largest absolute Gasteiger partial charge is 0.444 e. The lowest BCUT2D eigenvalue weighted by atomic mass is 9.86. The van der Waals surface area contributed by atoms with Crippen LogP contribution in [0.1, 0.15) is 46.4 Å². The van der Waals surface area contributed by atoms with Crippen LogP contribution in [0.25, 0.3) is 0 Å². The summed E-state index contributed by atoms with van der Waals surface area (Å²) in [5, 5.41) is 4.62. The molecule has 8 heteroatoms. The van der Waals surface area contributed by atoms with Crippen LogP contribution in [0.15, 0.2) is 16.3 Å². The number of carbonyl (C=O) groups excluding carboxylic acids is 1. The number of alkyl carbamates (subject to hydrolysis) is 1. The van der Waals surface area contributed by atoms with E-state index >= 15 is 0 Å². The number of nitrogens with one attached hydrogen (secondary N) is 1. The van der Waals surface area contributed by atoms with Crippen LogP contribution in [0.4, 0.5) is 4.79 Å². The molecule has 1 aromatic heterocycles. The lowest BCUT2D eigenvalue weighted by Crippen LogP contribution is -2.51. The van der Waals surface area contributed by atoms with Gasteiger partial charge in [-0.2, -0.15) is 4.31 Å². The maximum absolute atomic E-state index is 12.6. The standard InChI is InChI=1S/C16H26N2O4S2/c1-15(2,3)13(17-14(19)22-16(4,5)6)10-18-9-11-12(7-8-23-11)24(18,20)21/h7-8,13H,9-10H2,1-6H3,(H,17,19)/t13-/m1/s1. The molecule has 0 saturated carbocycles. The molecule has 1 N–H and O–H groups in total. The van der Waals surface area contributed by atoms with Crippen LogP contribution < -0.4 is 5.32 Å². The number of amides is 1. The van der Waals surface area contributed by atoms with Crippen LogP contribution in [0, 0.1) is 5.41 Å². The van der Waals surface area contributed by atoms with Gasteiger partial charge in [0.2, 0.25) is 10.0 Å². The average molecular weight is 375 g/mol. The van der Waals surface area contributed by atoms with E-state index in [9.17, 15) is 13.2 Å². The molecule has 0 spiro atoms. The molecule has 6 nitrogen and oxygen atoms in total. The Morgan fingerprint density at radius 2 is 1.96 bits per heavy atom. The van der Waals surface area contributed by atoms with Crippen LogP contribution in [-0.4, -0.2) is 37.0 Å². The second-order valence-electron chi connectivity index (χ2n) is 8.07. The van der Waals surface area contributed by atoms with Gasteiger partial charge in [-0.05, 0) is 37.6 Å². The van der Waals surface area contributed by atoms with Crippen LogP contribution in [0.5, 0.6) is 0 Å². The molecule has 1 amide bonds. The van der Waals surface area contributed by atoms with E-state index < -0.39 is 21.7 Å². The van der Waals surface area contributed by atoms with Gasteiger partial charge < -0.3 is 10.1 Å². The van der Waals surface area contributed by atoms with E-state index in [0.717, 1.165) is 4.88 Å².